The first-order valence-corrected chi connectivity index (χ1v) is 7.08. The van der Waals surface area contributed by atoms with Crippen LogP contribution in [0.15, 0.2) is 29.3 Å². The second-order valence-corrected chi connectivity index (χ2v) is 5.29. The van der Waals surface area contributed by atoms with Gasteiger partial charge in [-0.25, -0.2) is 0 Å². The average Bonchev–Trinajstić information content (AvgIpc) is 3.16. The van der Waals surface area contributed by atoms with E-state index in [0.717, 1.165) is 18.7 Å². The maximum Gasteiger partial charge on any atom is 0.263 e. The molecule has 22 heavy (non-hydrogen) atoms. The fourth-order valence-electron chi connectivity index (χ4n) is 2.77. The van der Waals surface area contributed by atoms with Gasteiger partial charge in [-0.1, -0.05) is 6.08 Å². The quantitative estimate of drug-likeness (QED) is 0.725. The maximum absolute atomic E-state index is 12.0. The van der Waals surface area contributed by atoms with Crippen LogP contribution in [0, 0.1) is 0 Å². The fraction of sp³-hybridized carbons (Fsp3) is 0.286. The van der Waals surface area contributed by atoms with Gasteiger partial charge in [0.1, 0.15) is 5.39 Å². The summed E-state index contributed by atoms with van der Waals surface area (Å²) in [5, 5.41) is 11.3. The minimum atomic E-state index is -0.171. The van der Waals surface area contributed by atoms with Gasteiger partial charge < -0.3 is 4.90 Å². The highest BCUT2D eigenvalue weighted by Crippen LogP contribution is 2.23. The van der Waals surface area contributed by atoms with Gasteiger partial charge in [-0.3, -0.25) is 19.6 Å². The predicted octanol–water partition coefficient (Wildman–Crippen LogP) is 0.673. The summed E-state index contributed by atoms with van der Waals surface area (Å²) >= 11 is 0. The summed E-state index contributed by atoms with van der Waals surface area (Å²) in [5.74, 6) is 0.571. The van der Waals surface area contributed by atoms with Crippen molar-refractivity contribution in [3.05, 3.63) is 40.6 Å². The molecule has 0 aromatic carbocycles. The summed E-state index contributed by atoms with van der Waals surface area (Å²) < 4.78 is 1.87. The number of aryl methyl sites for hydroxylation is 1. The molecule has 0 saturated carbocycles. The lowest BCUT2D eigenvalue weighted by atomic mass is 10.1. The highest BCUT2D eigenvalue weighted by atomic mass is 16.1. The molecule has 0 aliphatic carbocycles. The van der Waals surface area contributed by atoms with Crippen molar-refractivity contribution in [1.29, 1.82) is 0 Å². The number of hydrogen-bond acceptors (Lipinski definition) is 5. The molecule has 0 fully saturated rings. The number of rotatable bonds is 2. The van der Waals surface area contributed by atoms with Gasteiger partial charge in [-0.15, -0.1) is 0 Å². The van der Waals surface area contributed by atoms with E-state index in [1.807, 2.05) is 22.7 Å². The van der Waals surface area contributed by atoms with Crippen LogP contribution in [0.5, 0.6) is 0 Å². The Kier molecular flexibility index (Phi) is 2.81. The lowest BCUT2D eigenvalue weighted by Gasteiger charge is -2.26. The molecular formula is C14H15N7O. The molecule has 0 saturated heterocycles. The van der Waals surface area contributed by atoms with Crippen LogP contribution in [0.2, 0.25) is 0 Å². The predicted molar refractivity (Wildman–Crippen MR) is 82.5 cm³/mol. The molecule has 0 atom stereocenters. The summed E-state index contributed by atoms with van der Waals surface area (Å²) in [7, 11) is 1.94. The van der Waals surface area contributed by atoms with E-state index in [1.54, 1.807) is 6.20 Å². The molecule has 8 nitrogen and oxygen atoms in total. The highest BCUT2D eigenvalue weighted by Gasteiger charge is 2.18. The van der Waals surface area contributed by atoms with E-state index in [-0.39, 0.29) is 5.56 Å². The van der Waals surface area contributed by atoms with Crippen LogP contribution in [-0.2, 0) is 7.05 Å². The van der Waals surface area contributed by atoms with Crippen molar-refractivity contribution >= 4 is 22.6 Å². The van der Waals surface area contributed by atoms with Gasteiger partial charge >= 0.3 is 0 Å². The standard InChI is InChI=1S/C14H15N7O/c1-20-11(2-5-16-20)9-3-6-21(7-4-9)14-17-12-10(8-15-19-12)13(22)18-14/h2-3,5,8H,4,6-7H2,1H3,(H2,15,17,18,19,22). The maximum atomic E-state index is 12.0. The van der Waals surface area contributed by atoms with E-state index >= 15 is 0 Å². The van der Waals surface area contributed by atoms with Crippen LogP contribution < -0.4 is 10.5 Å². The topological polar surface area (TPSA) is 95.5 Å². The lowest BCUT2D eigenvalue weighted by molar-refractivity contribution is 0.738. The first-order chi connectivity index (χ1) is 10.7. The van der Waals surface area contributed by atoms with Crippen molar-refractivity contribution in [2.75, 3.05) is 18.0 Å². The fourth-order valence-corrected chi connectivity index (χ4v) is 2.77. The zero-order valence-corrected chi connectivity index (χ0v) is 12.1. The molecule has 4 heterocycles. The summed E-state index contributed by atoms with van der Waals surface area (Å²) in [6, 6.07) is 2.01. The monoisotopic (exact) mass is 297 g/mol. The van der Waals surface area contributed by atoms with E-state index in [4.69, 9.17) is 0 Å². The molecule has 112 valence electrons. The third kappa shape index (κ3) is 2.00. The summed E-state index contributed by atoms with van der Waals surface area (Å²) in [4.78, 5) is 21.3. The second-order valence-electron chi connectivity index (χ2n) is 5.29. The number of anilines is 1. The number of aromatic amines is 2. The Labute approximate surface area is 125 Å². The van der Waals surface area contributed by atoms with Crippen molar-refractivity contribution in [3.8, 4) is 0 Å². The number of nitrogens with zero attached hydrogens (tertiary/aromatic N) is 5. The van der Waals surface area contributed by atoms with Crippen LogP contribution in [0.3, 0.4) is 0 Å². The molecule has 0 radical (unpaired) electrons. The molecule has 0 unspecified atom stereocenters. The van der Waals surface area contributed by atoms with Gasteiger partial charge in [0.2, 0.25) is 5.95 Å². The third-order valence-electron chi connectivity index (χ3n) is 3.97. The molecule has 1 aliphatic rings. The average molecular weight is 297 g/mol. The zero-order chi connectivity index (χ0) is 15.1. The second kappa shape index (κ2) is 4.83. The minimum absolute atomic E-state index is 0.171. The van der Waals surface area contributed by atoms with Crippen LogP contribution in [0.1, 0.15) is 12.1 Å². The van der Waals surface area contributed by atoms with Gasteiger partial charge in [0, 0.05) is 26.3 Å². The molecule has 4 rings (SSSR count). The molecule has 2 N–H and O–H groups in total. The van der Waals surface area contributed by atoms with Crippen molar-refractivity contribution in [3.63, 3.8) is 0 Å². The first kappa shape index (κ1) is 12.8. The number of nitrogens with one attached hydrogen (secondary N) is 2. The number of aromatic nitrogens is 6. The zero-order valence-electron chi connectivity index (χ0n) is 12.1. The Morgan fingerprint density at radius 1 is 1.36 bits per heavy atom. The van der Waals surface area contributed by atoms with Crippen molar-refractivity contribution < 1.29 is 0 Å². The van der Waals surface area contributed by atoms with E-state index in [1.165, 1.54) is 11.8 Å². The minimum Gasteiger partial charge on any atom is -0.338 e. The Balaban J connectivity index is 1.63. The number of hydrogen-bond donors (Lipinski definition) is 2. The molecule has 3 aromatic heterocycles. The molecule has 8 heteroatoms. The Bertz CT molecular complexity index is 917. The van der Waals surface area contributed by atoms with Gasteiger partial charge in [-0.2, -0.15) is 15.2 Å². The first-order valence-electron chi connectivity index (χ1n) is 7.08. The van der Waals surface area contributed by atoms with E-state index in [9.17, 15) is 4.79 Å². The van der Waals surface area contributed by atoms with Gasteiger partial charge in [0.25, 0.3) is 5.56 Å². The largest absolute Gasteiger partial charge is 0.338 e. The Morgan fingerprint density at radius 2 is 2.27 bits per heavy atom. The molecule has 0 bridgehead atoms. The molecule has 0 amide bonds. The van der Waals surface area contributed by atoms with Crippen molar-refractivity contribution in [2.45, 2.75) is 6.42 Å². The van der Waals surface area contributed by atoms with Crippen molar-refractivity contribution in [1.82, 2.24) is 29.9 Å². The van der Waals surface area contributed by atoms with Gasteiger partial charge in [0.15, 0.2) is 5.65 Å². The number of fused-ring (bicyclic) bond motifs is 1. The number of H-pyrrole nitrogens is 2. The van der Waals surface area contributed by atoms with E-state index < -0.39 is 0 Å². The normalized spacial score (nSPS) is 15.3. The van der Waals surface area contributed by atoms with Crippen LogP contribution in [0.25, 0.3) is 16.6 Å². The van der Waals surface area contributed by atoms with Crippen LogP contribution in [0.4, 0.5) is 5.95 Å². The van der Waals surface area contributed by atoms with E-state index in [2.05, 4.69) is 31.3 Å². The highest BCUT2D eigenvalue weighted by molar-refractivity contribution is 5.74. The van der Waals surface area contributed by atoms with Gasteiger partial charge in [0.05, 0.1) is 11.9 Å². The lowest BCUT2D eigenvalue weighted by Crippen LogP contribution is -2.31. The smallest absolute Gasteiger partial charge is 0.263 e. The molecule has 0 spiro atoms. The van der Waals surface area contributed by atoms with Crippen molar-refractivity contribution in [2.24, 2.45) is 7.05 Å². The SMILES string of the molecule is Cn1nccc1C1=CCN(c2nc3[nH]ncc3c(=O)[nH]2)CC1. The molecule has 1 aliphatic heterocycles. The summed E-state index contributed by atoms with van der Waals surface area (Å²) in [5.41, 5.74) is 2.74. The van der Waals surface area contributed by atoms with Crippen LogP contribution in [-0.4, -0.2) is 43.0 Å². The molecule has 3 aromatic rings. The Morgan fingerprint density at radius 3 is 3.00 bits per heavy atom. The summed E-state index contributed by atoms with van der Waals surface area (Å²) in [6.07, 6.45) is 6.32. The van der Waals surface area contributed by atoms with Crippen LogP contribution >= 0.6 is 0 Å². The molecular weight excluding hydrogens is 282 g/mol. The Hall–Kier alpha value is -2.90. The summed E-state index contributed by atoms with van der Waals surface area (Å²) in [6.45, 7) is 1.49. The van der Waals surface area contributed by atoms with E-state index in [0.29, 0.717) is 23.5 Å². The third-order valence-corrected chi connectivity index (χ3v) is 3.97. The van der Waals surface area contributed by atoms with Gasteiger partial charge in [-0.05, 0) is 18.1 Å².